The van der Waals surface area contributed by atoms with Gasteiger partial charge in [0, 0.05) is 0 Å². The first-order valence-corrected chi connectivity index (χ1v) is 7.60. The molecule has 1 heterocycles. The summed E-state index contributed by atoms with van der Waals surface area (Å²) in [6.07, 6.45) is 11.2. The highest BCUT2D eigenvalue weighted by Gasteiger charge is 1.99. The molecule has 0 radical (unpaired) electrons. The molecular formula is C21H25NO. The number of pyridine rings is 1. The zero-order chi connectivity index (χ0) is 17.2. The molecule has 0 saturated carbocycles. The third-order valence-electron chi connectivity index (χ3n) is 3.40. The second-order valence-electron chi connectivity index (χ2n) is 4.92. The van der Waals surface area contributed by atoms with Gasteiger partial charge < -0.3 is 4.74 Å². The van der Waals surface area contributed by atoms with Crippen molar-refractivity contribution in [2.24, 2.45) is 0 Å². The molecule has 0 N–H and O–H groups in total. The van der Waals surface area contributed by atoms with Crippen molar-refractivity contribution in [3.63, 3.8) is 0 Å². The van der Waals surface area contributed by atoms with Crippen LogP contribution in [0.3, 0.4) is 0 Å². The van der Waals surface area contributed by atoms with Gasteiger partial charge in [0.15, 0.2) is 0 Å². The molecule has 0 unspecified atom stereocenters. The number of hydrogen-bond acceptors (Lipinski definition) is 2. The van der Waals surface area contributed by atoms with E-state index in [1.165, 1.54) is 0 Å². The van der Waals surface area contributed by atoms with E-state index < -0.39 is 0 Å². The lowest BCUT2D eigenvalue weighted by Crippen LogP contribution is -2.28. The highest BCUT2D eigenvalue weighted by Crippen LogP contribution is 2.13. The summed E-state index contributed by atoms with van der Waals surface area (Å²) in [5.41, 5.74) is 2.75. The molecule has 0 bridgehead atoms. The van der Waals surface area contributed by atoms with Gasteiger partial charge in [-0.05, 0) is 49.3 Å². The molecule has 2 heteroatoms. The van der Waals surface area contributed by atoms with Crippen molar-refractivity contribution in [2.45, 2.75) is 27.4 Å². The normalized spacial score (nSPS) is 12.7. The highest BCUT2D eigenvalue weighted by molar-refractivity contribution is 5.45. The Labute approximate surface area is 139 Å². The minimum Gasteiger partial charge on any atom is -0.492 e. The molecular weight excluding hydrogens is 282 g/mol. The van der Waals surface area contributed by atoms with Crippen molar-refractivity contribution in [1.29, 1.82) is 0 Å². The fourth-order valence-electron chi connectivity index (χ4n) is 2.11. The Kier molecular flexibility index (Phi) is 7.55. The molecule has 0 fully saturated rings. The van der Waals surface area contributed by atoms with Gasteiger partial charge in [-0.25, -0.2) is 4.98 Å². The summed E-state index contributed by atoms with van der Waals surface area (Å²) < 4.78 is 5.80. The second-order valence-corrected chi connectivity index (χ2v) is 4.92. The Bertz CT molecular complexity index is 754. The van der Waals surface area contributed by atoms with Crippen LogP contribution in [0.5, 0.6) is 0 Å². The van der Waals surface area contributed by atoms with Crippen LogP contribution in [0.15, 0.2) is 73.1 Å². The van der Waals surface area contributed by atoms with E-state index >= 15 is 0 Å². The van der Waals surface area contributed by atoms with Gasteiger partial charge in [0.05, 0.1) is 16.8 Å². The number of rotatable bonds is 7. The highest BCUT2D eigenvalue weighted by atomic mass is 16.5. The first kappa shape index (κ1) is 18.4. The molecule has 0 aliphatic heterocycles. The van der Waals surface area contributed by atoms with Crippen LogP contribution in [-0.2, 0) is 11.3 Å². The number of hydrogen-bond donors (Lipinski definition) is 0. The maximum atomic E-state index is 5.80. The lowest BCUT2D eigenvalue weighted by Gasteiger charge is -2.07. The first-order valence-electron chi connectivity index (χ1n) is 7.60. The molecule has 0 saturated heterocycles. The summed E-state index contributed by atoms with van der Waals surface area (Å²) in [4.78, 5) is 4.60. The minimum atomic E-state index is 0.426. The summed E-state index contributed by atoms with van der Waals surface area (Å²) in [5.74, 6) is 0.788. The van der Waals surface area contributed by atoms with Gasteiger partial charge >= 0.3 is 0 Å². The lowest BCUT2D eigenvalue weighted by molar-refractivity contribution is 0.197. The second kappa shape index (κ2) is 9.42. The van der Waals surface area contributed by atoms with Crippen molar-refractivity contribution in [3.8, 4) is 0 Å². The third kappa shape index (κ3) is 5.26. The SMILES string of the molecule is C=CC(C=C)=C(C=C)/C=C(\C)OCc1ccc(=C/C)/c(=C\C)n1. The maximum absolute atomic E-state index is 5.80. The van der Waals surface area contributed by atoms with Gasteiger partial charge in [0.1, 0.15) is 6.61 Å². The van der Waals surface area contributed by atoms with Crippen molar-refractivity contribution in [1.82, 2.24) is 4.98 Å². The van der Waals surface area contributed by atoms with Gasteiger partial charge in [-0.1, -0.05) is 56.2 Å². The Morgan fingerprint density at radius 3 is 2.22 bits per heavy atom. The van der Waals surface area contributed by atoms with E-state index in [2.05, 4.69) is 30.8 Å². The van der Waals surface area contributed by atoms with Crippen molar-refractivity contribution in [2.75, 3.05) is 0 Å². The van der Waals surface area contributed by atoms with Gasteiger partial charge in [-0.2, -0.15) is 0 Å². The van der Waals surface area contributed by atoms with Gasteiger partial charge in [0.2, 0.25) is 0 Å². The fourth-order valence-corrected chi connectivity index (χ4v) is 2.11. The van der Waals surface area contributed by atoms with Gasteiger partial charge in [-0.15, -0.1) is 0 Å². The van der Waals surface area contributed by atoms with Crippen LogP contribution in [0.4, 0.5) is 0 Å². The Balaban J connectivity index is 2.96. The number of ether oxygens (including phenoxy) is 1. The summed E-state index contributed by atoms with van der Waals surface area (Å²) in [7, 11) is 0. The summed E-state index contributed by atoms with van der Waals surface area (Å²) >= 11 is 0. The summed E-state index contributed by atoms with van der Waals surface area (Å²) in [6.45, 7) is 17.7. The molecule has 1 aromatic rings. The molecule has 23 heavy (non-hydrogen) atoms. The molecule has 0 spiro atoms. The van der Waals surface area contributed by atoms with E-state index in [1.807, 2.05) is 45.1 Å². The van der Waals surface area contributed by atoms with Gasteiger partial charge in [-0.3, -0.25) is 0 Å². The van der Waals surface area contributed by atoms with Crippen LogP contribution >= 0.6 is 0 Å². The number of aromatic nitrogens is 1. The molecule has 1 aromatic heterocycles. The predicted octanol–water partition coefficient (Wildman–Crippen LogP) is 3.96. The Morgan fingerprint density at radius 1 is 1.04 bits per heavy atom. The minimum absolute atomic E-state index is 0.426. The Morgan fingerprint density at radius 2 is 1.70 bits per heavy atom. The van der Waals surface area contributed by atoms with E-state index in [9.17, 15) is 0 Å². The molecule has 120 valence electrons. The molecule has 2 nitrogen and oxygen atoms in total. The van der Waals surface area contributed by atoms with Crippen LogP contribution in [0.2, 0.25) is 0 Å². The zero-order valence-corrected chi connectivity index (χ0v) is 14.3. The molecule has 0 amide bonds. The quantitative estimate of drug-likeness (QED) is 0.562. The molecule has 0 atom stereocenters. The maximum Gasteiger partial charge on any atom is 0.130 e. The topological polar surface area (TPSA) is 22.1 Å². The molecule has 0 aliphatic rings. The zero-order valence-electron chi connectivity index (χ0n) is 14.3. The smallest absolute Gasteiger partial charge is 0.130 e. The lowest BCUT2D eigenvalue weighted by atomic mass is 10.1. The van der Waals surface area contributed by atoms with Crippen LogP contribution in [-0.4, -0.2) is 4.98 Å². The summed E-state index contributed by atoms with van der Waals surface area (Å²) in [6, 6.07) is 4.04. The standard InChI is InChI=1S/C21H25NO/c1-7-17(8-2)19(10-4)14-16(6)23-15-20-13-12-18(9-3)21(11-5)22-20/h7-14H,1-2,4,15H2,3,5-6H3/b16-14+,18-9-,21-11+. The van der Waals surface area contributed by atoms with Crippen LogP contribution in [0.1, 0.15) is 26.5 Å². The Hall–Kier alpha value is -2.61. The molecule has 1 rings (SSSR count). The monoisotopic (exact) mass is 307 g/mol. The van der Waals surface area contributed by atoms with E-state index in [-0.39, 0.29) is 0 Å². The molecule has 0 aromatic carbocycles. The number of allylic oxidation sites excluding steroid dienone is 7. The van der Waals surface area contributed by atoms with E-state index in [4.69, 9.17) is 4.74 Å². The van der Waals surface area contributed by atoms with E-state index in [0.717, 1.165) is 33.2 Å². The predicted molar refractivity (Wildman–Crippen MR) is 99.9 cm³/mol. The van der Waals surface area contributed by atoms with Crippen LogP contribution in [0.25, 0.3) is 12.2 Å². The van der Waals surface area contributed by atoms with Crippen molar-refractivity contribution in [3.05, 3.63) is 89.3 Å². The fraction of sp³-hybridized carbons (Fsp3) is 0.190. The average Bonchev–Trinajstić information content (AvgIpc) is 2.59. The van der Waals surface area contributed by atoms with Crippen molar-refractivity contribution < 1.29 is 4.74 Å². The van der Waals surface area contributed by atoms with E-state index in [1.54, 1.807) is 18.2 Å². The van der Waals surface area contributed by atoms with Gasteiger partial charge in [0.25, 0.3) is 0 Å². The average molecular weight is 307 g/mol. The van der Waals surface area contributed by atoms with Crippen molar-refractivity contribution >= 4 is 12.2 Å². The van der Waals surface area contributed by atoms with Crippen LogP contribution in [0, 0.1) is 0 Å². The van der Waals surface area contributed by atoms with Crippen LogP contribution < -0.4 is 10.6 Å². The van der Waals surface area contributed by atoms with E-state index in [0.29, 0.717) is 6.61 Å². The number of nitrogens with zero attached hydrogens (tertiary/aromatic N) is 1. The molecule has 0 aliphatic carbocycles. The first-order chi connectivity index (χ1) is 11.1. The largest absolute Gasteiger partial charge is 0.492 e. The summed E-state index contributed by atoms with van der Waals surface area (Å²) in [5, 5.41) is 2.10. The third-order valence-corrected chi connectivity index (χ3v) is 3.40.